The fourth-order valence-electron chi connectivity index (χ4n) is 3.37. The van der Waals surface area contributed by atoms with Gasteiger partial charge < -0.3 is 15.2 Å². The van der Waals surface area contributed by atoms with Crippen molar-refractivity contribution in [3.05, 3.63) is 45.8 Å². The molecule has 0 amide bonds. The van der Waals surface area contributed by atoms with Gasteiger partial charge in [-0.25, -0.2) is 18.0 Å². The van der Waals surface area contributed by atoms with Crippen LogP contribution in [0.5, 0.6) is 0 Å². The zero-order valence-electron chi connectivity index (χ0n) is 17.5. The number of carbonyl (C=O) groups is 2. The summed E-state index contributed by atoms with van der Waals surface area (Å²) in [6.07, 6.45) is 2.59. The van der Waals surface area contributed by atoms with E-state index in [-0.39, 0.29) is 44.7 Å². The number of nitrogens with two attached hydrogens (primary N) is 1. The van der Waals surface area contributed by atoms with Crippen molar-refractivity contribution in [2.24, 2.45) is 0 Å². The third kappa shape index (κ3) is 4.93. The normalized spacial score (nSPS) is 14.5. The van der Waals surface area contributed by atoms with E-state index < -0.39 is 22.0 Å². The van der Waals surface area contributed by atoms with Gasteiger partial charge in [0.2, 0.25) is 10.0 Å². The Morgan fingerprint density at radius 1 is 1.19 bits per heavy atom. The van der Waals surface area contributed by atoms with Crippen LogP contribution in [0.1, 0.15) is 57.3 Å². The van der Waals surface area contributed by atoms with Crippen LogP contribution < -0.4 is 5.73 Å². The van der Waals surface area contributed by atoms with Crippen LogP contribution in [0, 0.1) is 11.3 Å². The molecule has 1 aliphatic rings. The topological polar surface area (TPSA) is 140 Å². The molecule has 0 saturated carbocycles. The quantitative estimate of drug-likeness (QED) is 0.600. The second-order valence-corrected chi connectivity index (χ2v) is 10.0. The van der Waals surface area contributed by atoms with Crippen LogP contribution in [0.15, 0.2) is 29.2 Å². The van der Waals surface area contributed by atoms with Crippen LogP contribution in [0.3, 0.4) is 0 Å². The van der Waals surface area contributed by atoms with Crippen molar-refractivity contribution in [1.82, 2.24) is 4.31 Å². The first-order valence-corrected chi connectivity index (χ1v) is 12.3. The van der Waals surface area contributed by atoms with E-state index in [1.54, 1.807) is 6.92 Å². The monoisotopic (exact) mass is 477 g/mol. The summed E-state index contributed by atoms with van der Waals surface area (Å²) in [7, 11) is -3.71. The van der Waals surface area contributed by atoms with Gasteiger partial charge in [-0.1, -0.05) is 12.5 Å². The molecule has 2 N–H and O–H groups in total. The standard InChI is InChI=1S/C21H23N3O6S2/c1-2-29-21(26)18-17(16(12-22)19(23)31-18)13-30-20(25)14-7-6-8-15(11-14)32(27,28)24-9-4-3-5-10-24/h6-8,11H,2-5,9-10,13,23H2,1H3. The second-order valence-electron chi connectivity index (χ2n) is 7.05. The van der Waals surface area contributed by atoms with Gasteiger partial charge in [-0.15, -0.1) is 11.3 Å². The molecule has 0 spiro atoms. The lowest BCUT2D eigenvalue weighted by molar-refractivity contribution is 0.0452. The van der Waals surface area contributed by atoms with Crippen LogP contribution in [0.2, 0.25) is 0 Å². The molecule has 1 aromatic heterocycles. The molecule has 3 rings (SSSR count). The summed E-state index contributed by atoms with van der Waals surface area (Å²) in [6.45, 7) is 2.29. The number of sulfonamides is 1. The molecule has 32 heavy (non-hydrogen) atoms. The fraction of sp³-hybridized carbons (Fsp3) is 0.381. The number of piperidine rings is 1. The molecular formula is C21H23N3O6S2. The number of esters is 2. The zero-order valence-corrected chi connectivity index (χ0v) is 19.1. The number of rotatable bonds is 7. The van der Waals surface area contributed by atoms with Crippen molar-refractivity contribution < 1.29 is 27.5 Å². The van der Waals surface area contributed by atoms with E-state index in [4.69, 9.17) is 15.2 Å². The predicted octanol–water partition coefficient (Wildman–Crippen LogP) is 2.91. The van der Waals surface area contributed by atoms with Crippen molar-refractivity contribution >= 4 is 38.3 Å². The Hall–Kier alpha value is -2.94. The molecule has 11 heteroatoms. The van der Waals surface area contributed by atoms with Crippen molar-refractivity contribution in [2.75, 3.05) is 25.4 Å². The number of thiophene rings is 1. The highest BCUT2D eigenvalue weighted by Crippen LogP contribution is 2.32. The summed E-state index contributed by atoms with van der Waals surface area (Å²) < 4.78 is 37.5. The van der Waals surface area contributed by atoms with Crippen LogP contribution in [0.25, 0.3) is 0 Å². The molecule has 1 fully saturated rings. The van der Waals surface area contributed by atoms with Crippen molar-refractivity contribution in [3.63, 3.8) is 0 Å². The number of benzene rings is 1. The SMILES string of the molecule is CCOC(=O)c1sc(N)c(C#N)c1COC(=O)c1cccc(S(=O)(=O)N2CCCCC2)c1. The van der Waals surface area contributed by atoms with E-state index in [1.165, 1.54) is 28.6 Å². The van der Waals surface area contributed by atoms with Gasteiger partial charge in [0.1, 0.15) is 22.6 Å². The van der Waals surface area contributed by atoms with E-state index in [2.05, 4.69) is 0 Å². The molecule has 2 aromatic rings. The number of nitriles is 1. The summed E-state index contributed by atoms with van der Waals surface area (Å²) in [5, 5.41) is 9.49. The molecule has 0 radical (unpaired) electrons. The maximum absolute atomic E-state index is 12.9. The maximum atomic E-state index is 12.9. The van der Waals surface area contributed by atoms with E-state index in [9.17, 15) is 23.3 Å². The van der Waals surface area contributed by atoms with Crippen LogP contribution in [-0.2, 0) is 26.1 Å². The minimum Gasteiger partial charge on any atom is -0.462 e. The number of hydrogen-bond acceptors (Lipinski definition) is 9. The number of anilines is 1. The van der Waals surface area contributed by atoms with Crippen molar-refractivity contribution in [3.8, 4) is 6.07 Å². The minimum absolute atomic E-state index is 0.0126. The molecule has 9 nitrogen and oxygen atoms in total. The van der Waals surface area contributed by atoms with E-state index in [0.717, 1.165) is 30.6 Å². The molecule has 0 aliphatic carbocycles. The average Bonchev–Trinajstić information content (AvgIpc) is 3.13. The molecule has 1 saturated heterocycles. The lowest BCUT2D eigenvalue weighted by Gasteiger charge is -2.25. The third-order valence-electron chi connectivity index (χ3n) is 4.98. The van der Waals surface area contributed by atoms with Crippen LogP contribution in [-0.4, -0.2) is 44.4 Å². The molecule has 2 heterocycles. The Bertz CT molecular complexity index is 1160. The largest absolute Gasteiger partial charge is 0.462 e. The Balaban J connectivity index is 1.80. The van der Waals surface area contributed by atoms with E-state index in [0.29, 0.717) is 13.1 Å². The van der Waals surface area contributed by atoms with Gasteiger partial charge in [0, 0.05) is 18.7 Å². The highest BCUT2D eigenvalue weighted by molar-refractivity contribution is 7.89. The summed E-state index contributed by atoms with van der Waals surface area (Å²) >= 11 is 0.887. The van der Waals surface area contributed by atoms with Crippen molar-refractivity contribution in [2.45, 2.75) is 37.7 Å². The van der Waals surface area contributed by atoms with Gasteiger partial charge in [-0.05, 0) is 38.0 Å². The van der Waals surface area contributed by atoms with E-state index in [1.807, 2.05) is 6.07 Å². The molecule has 0 bridgehead atoms. The summed E-state index contributed by atoms with van der Waals surface area (Å²) in [4.78, 5) is 24.9. The van der Waals surface area contributed by atoms with Gasteiger partial charge in [-0.2, -0.15) is 9.57 Å². The van der Waals surface area contributed by atoms with Gasteiger partial charge in [-0.3, -0.25) is 0 Å². The molecule has 1 aromatic carbocycles. The number of nitrogens with zero attached hydrogens (tertiary/aromatic N) is 2. The van der Waals surface area contributed by atoms with Gasteiger partial charge in [0.15, 0.2) is 0 Å². The Kier molecular flexibility index (Phi) is 7.50. The smallest absolute Gasteiger partial charge is 0.348 e. The fourth-order valence-corrected chi connectivity index (χ4v) is 5.85. The van der Waals surface area contributed by atoms with E-state index >= 15 is 0 Å². The number of ether oxygens (including phenoxy) is 2. The minimum atomic E-state index is -3.71. The highest BCUT2D eigenvalue weighted by atomic mass is 32.2. The first kappa shape index (κ1) is 23.7. The number of nitrogen functional groups attached to an aromatic ring is 1. The lowest BCUT2D eigenvalue weighted by Crippen LogP contribution is -2.35. The second kappa shape index (κ2) is 10.1. The first-order chi connectivity index (χ1) is 15.3. The third-order valence-corrected chi connectivity index (χ3v) is 7.91. The first-order valence-electron chi connectivity index (χ1n) is 10.0. The predicted molar refractivity (Wildman–Crippen MR) is 118 cm³/mol. The van der Waals surface area contributed by atoms with Crippen molar-refractivity contribution in [1.29, 1.82) is 5.26 Å². The van der Waals surface area contributed by atoms with Gasteiger partial charge >= 0.3 is 11.9 Å². The molecular weight excluding hydrogens is 454 g/mol. The molecule has 0 unspecified atom stereocenters. The maximum Gasteiger partial charge on any atom is 0.348 e. The number of hydrogen-bond donors (Lipinski definition) is 1. The summed E-state index contributed by atoms with van der Waals surface area (Å²) in [5.41, 5.74) is 6.08. The average molecular weight is 478 g/mol. The Morgan fingerprint density at radius 3 is 2.56 bits per heavy atom. The summed E-state index contributed by atoms with van der Waals surface area (Å²) in [5.74, 6) is -1.45. The van der Waals surface area contributed by atoms with Crippen LogP contribution in [0.4, 0.5) is 5.00 Å². The Labute approximate surface area is 190 Å². The lowest BCUT2D eigenvalue weighted by atomic mass is 10.1. The Morgan fingerprint density at radius 2 is 1.91 bits per heavy atom. The van der Waals surface area contributed by atoms with Crippen LogP contribution >= 0.6 is 11.3 Å². The van der Waals surface area contributed by atoms with Gasteiger partial charge in [0.05, 0.1) is 22.6 Å². The number of carbonyl (C=O) groups excluding carboxylic acids is 2. The molecule has 1 aliphatic heterocycles. The summed E-state index contributed by atoms with van der Waals surface area (Å²) in [6, 6.07) is 7.53. The molecule has 0 atom stereocenters. The zero-order chi connectivity index (χ0) is 23.3. The molecule has 170 valence electrons. The highest BCUT2D eigenvalue weighted by Gasteiger charge is 2.27. The van der Waals surface area contributed by atoms with Gasteiger partial charge in [0.25, 0.3) is 0 Å².